The smallest absolute Gasteiger partial charge is 0.246 e. The van der Waals surface area contributed by atoms with E-state index in [0.29, 0.717) is 36.0 Å². The summed E-state index contributed by atoms with van der Waals surface area (Å²) in [6.07, 6.45) is 2.48. The van der Waals surface area contributed by atoms with Gasteiger partial charge in [-0.2, -0.15) is 0 Å². The maximum absolute atomic E-state index is 12.6. The van der Waals surface area contributed by atoms with E-state index in [-0.39, 0.29) is 29.3 Å². The van der Waals surface area contributed by atoms with E-state index in [0.717, 1.165) is 12.0 Å². The quantitative estimate of drug-likeness (QED) is 0.456. The van der Waals surface area contributed by atoms with Crippen LogP contribution in [0.15, 0.2) is 48.0 Å². The predicted molar refractivity (Wildman–Crippen MR) is 143 cm³/mol. The molecule has 6 heteroatoms. The van der Waals surface area contributed by atoms with Crippen molar-refractivity contribution >= 4 is 5.91 Å². The Morgan fingerprint density at radius 2 is 1.67 bits per heavy atom. The second kappa shape index (κ2) is 11.8. The molecule has 0 aromatic heterocycles. The molecule has 2 aromatic rings. The zero-order chi connectivity index (χ0) is 26.5. The molecule has 1 aliphatic heterocycles. The third kappa shape index (κ3) is 6.22. The number of methoxy groups -OCH3 is 3. The summed E-state index contributed by atoms with van der Waals surface area (Å²) in [6.45, 7) is 11.5. The fraction of sp³-hybridized carbons (Fsp3) is 0.500. The molecule has 36 heavy (non-hydrogen) atoms. The van der Waals surface area contributed by atoms with E-state index in [1.54, 1.807) is 21.3 Å². The second-order valence-corrected chi connectivity index (χ2v) is 10.5. The molecule has 0 bridgehead atoms. The van der Waals surface area contributed by atoms with Crippen molar-refractivity contribution in [2.24, 2.45) is 11.8 Å². The SMILES string of the molecule is C/C=C(/C)C(=O)NC[C@H]1[C@@H](Cc2ccc(C(C)(C)C)cc2)CO[C@@H]1c1cc(OC)c(OC)c(OC)c1. The van der Waals surface area contributed by atoms with Gasteiger partial charge in [0.15, 0.2) is 11.5 Å². The molecule has 3 rings (SSSR count). The van der Waals surface area contributed by atoms with Gasteiger partial charge in [0.25, 0.3) is 0 Å². The van der Waals surface area contributed by atoms with E-state index in [9.17, 15) is 4.79 Å². The standard InChI is InChI=1S/C30H41NO5/c1-9-19(2)29(32)31-17-24-22(14-20-10-12-23(13-11-20)30(3,4)5)18-36-27(24)21-15-25(33-6)28(35-8)26(16-21)34-7/h9-13,15-16,22,24,27H,14,17-18H2,1-8H3,(H,31,32)/b19-9-/t22-,24-,27+/m0/s1. The van der Waals surface area contributed by atoms with Crippen LogP contribution >= 0.6 is 0 Å². The van der Waals surface area contributed by atoms with Crippen LogP contribution < -0.4 is 19.5 Å². The van der Waals surface area contributed by atoms with Crippen LogP contribution in [-0.4, -0.2) is 40.4 Å². The zero-order valence-corrected chi connectivity index (χ0v) is 22.9. The largest absolute Gasteiger partial charge is 0.493 e. The summed E-state index contributed by atoms with van der Waals surface area (Å²) in [4.78, 5) is 12.6. The zero-order valence-electron chi connectivity index (χ0n) is 22.9. The molecule has 0 spiro atoms. The van der Waals surface area contributed by atoms with Gasteiger partial charge in [0.1, 0.15) is 0 Å². The van der Waals surface area contributed by atoms with Crippen LogP contribution in [0.3, 0.4) is 0 Å². The minimum absolute atomic E-state index is 0.0543. The lowest BCUT2D eigenvalue weighted by Crippen LogP contribution is -2.34. The van der Waals surface area contributed by atoms with Crippen LogP contribution in [0.25, 0.3) is 0 Å². The summed E-state index contributed by atoms with van der Waals surface area (Å²) < 4.78 is 23.1. The van der Waals surface area contributed by atoms with Crippen LogP contribution in [0.5, 0.6) is 17.2 Å². The molecule has 0 radical (unpaired) electrons. The van der Waals surface area contributed by atoms with Gasteiger partial charge in [-0.05, 0) is 60.4 Å². The molecule has 1 fully saturated rings. The van der Waals surface area contributed by atoms with Crippen LogP contribution in [0, 0.1) is 11.8 Å². The molecule has 0 saturated carbocycles. The van der Waals surface area contributed by atoms with E-state index in [2.05, 4.69) is 50.4 Å². The number of hydrogen-bond donors (Lipinski definition) is 1. The predicted octanol–water partition coefficient (Wildman–Crippen LogP) is 5.64. The average molecular weight is 496 g/mol. The molecule has 1 saturated heterocycles. The van der Waals surface area contributed by atoms with Crippen molar-refractivity contribution in [2.45, 2.75) is 52.6 Å². The third-order valence-corrected chi connectivity index (χ3v) is 7.11. The molecule has 3 atom stereocenters. The number of nitrogens with one attached hydrogen (secondary N) is 1. The highest BCUT2D eigenvalue weighted by atomic mass is 16.5. The topological polar surface area (TPSA) is 66.0 Å². The summed E-state index contributed by atoms with van der Waals surface area (Å²) in [5, 5.41) is 3.13. The Hall–Kier alpha value is -2.99. The lowest BCUT2D eigenvalue weighted by molar-refractivity contribution is -0.117. The molecule has 1 N–H and O–H groups in total. The molecule has 0 unspecified atom stereocenters. The van der Waals surface area contributed by atoms with Crippen LogP contribution in [0.1, 0.15) is 57.4 Å². The Balaban J connectivity index is 1.91. The number of amides is 1. The van der Waals surface area contributed by atoms with Crippen molar-refractivity contribution < 1.29 is 23.7 Å². The van der Waals surface area contributed by atoms with Gasteiger partial charge < -0.3 is 24.3 Å². The number of rotatable bonds is 9. The molecular weight excluding hydrogens is 454 g/mol. The van der Waals surface area contributed by atoms with E-state index in [1.165, 1.54) is 11.1 Å². The van der Waals surface area contributed by atoms with Gasteiger partial charge in [0.05, 0.1) is 34.0 Å². The first-order valence-corrected chi connectivity index (χ1v) is 12.5. The highest BCUT2D eigenvalue weighted by molar-refractivity contribution is 5.92. The number of ether oxygens (including phenoxy) is 4. The van der Waals surface area contributed by atoms with Crippen LogP contribution in [0.4, 0.5) is 0 Å². The van der Waals surface area contributed by atoms with Gasteiger partial charge in [0.2, 0.25) is 11.7 Å². The first kappa shape index (κ1) is 27.6. The molecule has 6 nitrogen and oxygen atoms in total. The summed E-state index contributed by atoms with van der Waals surface area (Å²) in [5.41, 5.74) is 4.34. The van der Waals surface area contributed by atoms with E-state index in [1.807, 2.05) is 32.1 Å². The highest BCUT2D eigenvalue weighted by Crippen LogP contribution is 2.45. The van der Waals surface area contributed by atoms with E-state index >= 15 is 0 Å². The Morgan fingerprint density at radius 3 is 2.17 bits per heavy atom. The Kier molecular flexibility index (Phi) is 9.07. The van der Waals surface area contributed by atoms with Gasteiger partial charge in [-0.25, -0.2) is 0 Å². The number of carbonyl (C=O) groups excluding carboxylic acids is 1. The van der Waals surface area contributed by atoms with Crippen LogP contribution in [0.2, 0.25) is 0 Å². The monoisotopic (exact) mass is 495 g/mol. The van der Waals surface area contributed by atoms with Gasteiger partial charge in [-0.15, -0.1) is 0 Å². The molecular formula is C30H41NO5. The van der Waals surface area contributed by atoms with Gasteiger partial charge in [0, 0.05) is 18.0 Å². The van der Waals surface area contributed by atoms with E-state index < -0.39 is 0 Å². The van der Waals surface area contributed by atoms with Gasteiger partial charge >= 0.3 is 0 Å². The van der Waals surface area contributed by atoms with Crippen molar-refractivity contribution in [2.75, 3.05) is 34.5 Å². The van der Waals surface area contributed by atoms with Crippen molar-refractivity contribution in [1.29, 1.82) is 0 Å². The summed E-state index contributed by atoms with van der Waals surface area (Å²) in [5.74, 6) is 1.98. The minimum atomic E-state index is -0.219. The lowest BCUT2D eigenvalue weighted by Gasteiger charge is -2.25. The van der Waals surface area contributed by atoms with Gasteiger partial charge in [-0.1, -0.05) is 51.1 Å². The minimum Gasteiger partial charge on any atom is -0.493 e. The second-order valence-electron chi connectivity index (χ2n) is 10.5. The fourth-order valence-electron chi connectivity index (χ4n) is 4.74. The third-order valence-electron chi connectivity index (χ3n) is 7.11. The molecule has 1 amide bonds. The number of carbonyl (C=O) groups is 1. The van der Waals surface area contributed by atoms with Crippen molar-refractivity contribution in [3.05, 3.63) is 64.7 Å². The average Bonchev–Trinajstić information content (AvgIpc) is 3.27. The molecule has 2 aromatic carbocycles. The van der Waals surface area contributed by atoms with Gasteiger partial charge in [-0.3, -0.25) is 4.79 Å². The maximum atomic E-state index is 12.6. The normalized spacial score (nSPS) is 20.2. The fourth-order valence-corrected chi connectivity index (χ4v) is 4.74. The molecule has 0 aliphatic carbocycles. The summed E-state index contributed by atoms with van der Waals surface area (Å²) in [7, 11) is 4.81. The molecule has 1 heterocycles. The van der Waals surface area contributed by atoms with Crippen molar-refractivity contribution in [3.8, 4) is 17.2 Å². The molecule has 1 aliphatic rings. The Bertz CT molecular complexity index is 1040. The summed E-state index contributed by atoms with van der Waals surface area (Å²) in [6, 6.07) is 12.7. The van der Waals surface area contributed by atoms with E-state index in [4.69, 9.17) is 18.9 Å². The van der Waals surface area contributed by atoms with Crippen molar-refractivity contribution in [1.82, 2.24) is 5.32 Å². The highest BCUT2D eigenvalue weighted by Gasteiger charge is 2.39. The summed E-state index contributed by atoms with van der Waals surface area (Å²) >= 11 is 0. The number of hydrogen-bond acceptors (Lipinski definition) is 5. The first-order chi connectivity index (χ1) is 17.1. The lowest BCUT2D eigenvalue weighted by atomic mass is 9.82. The molecule has 196 valence electrons. The number of benzene rings is 2. The number of allylic oxidation sites excluding steroid dienone is 1. The Labute approximate surface area is 216 Å². The van der Waals surface area contributed by atoms with Crippen LogP contribution in [-0.2, 0) is 21.4 Å². The van der Waals surface area contributed by atoms with Crippen molar-refractivity contribution in [3.63, 3.8) is 0 Å². The Morgan fingerprint density at radius 1 is 1.06 bits per heavy atom. The maximum Gasteiger partial charge on any atom is 0.246 e. The first-order valence-electron chi connectivity index (χ1n) is 12.5.